The molecule has 0 bridgehead atoms. The average Bonchev–Trinajstić information content (AvgIpc) is 2.55. The van der Waals surface area contributed by atoms with Gasteiger partial charge in [-0.25, -0.2) is 0 Å². The third-order valence-corrected chi connectivity index (χ3v) is 4.17. The molecular formula is C20H21N. The van der Waals surface area contributed by atoms with Crippen molar-refractivity contribution in [1.29, 1.82) is 0 Å². The minimum Gasteiger partial charge on any atom is -0.284 e. The van der Waals surface area contributed by atoms with Gasteiger partial charge in [-0.2, -0.15) is 0 Å². The molecule has 21 heavy (non-hydrogen) atoms. The van der Waals surface area contributed by atoms with Gasteiger partial charge in [0.1, 0.15) is 0 Å². The third kappa shape index (κ3) is 3.13. The Morgan fingerprint density at radius 1 is 1.05 bits per heavy atom. The summed E-state index contributed by atoms with van der Waals surface area (Å²) in [7, 11) is 0. The lowest BCUT2D eigenvalue weighted by molar-refractivity contribution is 0.614. The van der Waals surface area contributed by atoms with Crippen molar-refractivity contribution in [3.63, 3.8) is 0 Å². The second kappa shape index (κ2) is 6.53. The van der Waals surface area contributed by atoms with Crippen molar-refractivity contribution in [2.75, 3.05) is 0 Å². The molecule has 1 aliphatic rings. The zero-order chi connectivity index (χ0) is 14.5. The predicted molar refractivity (Wildman–Crippen MR) is 89.8 cm³/mol. The minimum atomic E-state index is 0.515. The topological polar surface area (TPSA) is 12.4 Å². The van der Waals surface area contributed by atoms with Crippen molar-refractivity contribution in [2.45, 2.75) is 25.8 Å². The van der Waals surface area contributed by atoms with Crippen molar-refractivity contribution in [3.8, 4) is 0 Å². The molecule has 0 saturated carbocycles. The first-order valence-corrected chi connectivity index (χ1v) is 7.66. The van der Waals surface area contributed by atoms with Gasteiger partial charge in [-0.05, 0) is 36.0 Å². The third-order valence-electron chi connectivity index (χ3n) is 4.17. The quantitative estimate of drug-likeness (QED) is 0.710. The van der Waals surface area contributed by atoms with E-state index in [1.807, 2.05) is 12.1 Å². The molecule has 2 aromatic rings. The van der Waals surface area contributed by atoms with Crippen molar-refractivity contribution in [2.24, 2.45) is 10.9 Å². The highest BCUT2D eigenvalue weighted by Gasteiger charge is 2.23. The van der Waals surface area contributed by atoms with Crippen LogP contribution in [-0.2, 0) is 13.0 Å². The van der Waals surface area contributed by atoms with Gasteiger partial charge in [-0.1, -0.05) is 60.7 Å². The molecule has 1 unspecified atom stereocenters. The zero-order valence-corrected chi connectivity index (χ0v) is 12.3. The van der Waals surface area contributed by atoms with E-state index in [-0.39, 0.29) is 0 Å². The summed E-state index contributed by atoms with van der Waals surface area (Å²) in [6.07, 6.45) is 5.37. The van der Waals surface area contributed by atoms with Crippen molar-refractivity contribution in [1.82, 2.24) is 0 Å². The van der Waals surface area contributed by atoms with E-state index < -0.39 is 0 Å². The van der Waals surface area contributed by atoms with Gasteiger partial charge in [-0.3, -0.25) is 4.99 Å². The Morgan fingerprint density at radius 3 is 2.62 bits per heavy atom. The number of nitrogens with zero attached hydrogens (tertiary/aromatic N) is 1. The molecule has 0 radical (unpaired) electrons. The summed E-state index contributed by atoms with van der Waals surface area (Å²) in [5.41, 5.74) is 5.31. The molecule has 0 N–H and O–H groups in total. The second-order valence-electron chi connectivity index (χ2n) is 5.60. The van der Waals surface area contributed by atoms with E-state index in [0.29, 0.717) is 5.92 Å². The van der Waals surface area contributed by atoms with Crippen molar-refractivity contribution >= 4 is 5.71 Å². The summed E-state index contributed by atoms with van der Waals surface area (Å²) in [4.78, 5) is 4.96. The maximum atomic E-state index is 4.96. The van der Waals surface area contributed by atoms with Crippen LogP contribution in [0, 0.1) is 5.92 Å². The van der Waals surface area contributed by atoms with E-state index in [0.717, 1.165) is 19.4 Å². The molecule has 106 valence electrons. The number of aryl methyl sites for hydroxylation is 1. The summed E-state index contributed by atoms with van der Waals surface area (Å²) in [6, 6.07) is 19.2. The number of rotatable bonds is 4. The molecular weight excluding hydrogens is 254 g/mol. The maximum absolute atomic E-state index is 4.96. The fourth-order valence-corrected chi connectivity index (χ4v) is 3.08. The Hall–Kier alpha value is -2.15. The number of aliphatic imine (C=N–C) groups is 1. The van der Waals surface area contributed by atoms with Crippen LogP contribution >= 0.6 is 0 Å². The van der Waals surface area contributed by atoms with Crippen LogP contribution in [0.1, 0.15) is 29.5 Å². The van der Waals surface area contributed by atoms with Crippen LogP contribution < -0.4 is 0 Å². The molecule has 0 aliphatic heterocycles. The predicted octanol–water partition coefficient (Wildman–Crippen LogP) is 4.81. The molecule has 0 aromatic heterocycles. The average molecular weight is 275 g/mol. The molecule has 0 fully saturated rings. The molecule has 1 aliphatic carbocycles. The van der Waals surface area contributed by atoms with E-state index in [9.17, 15) is 0 Å². The molecule has 1 nitrogen and oxygen atoms in total. The number of hydrogen-bond acceptors (Lipinski definition) is 1. The normalized spacial score (nSPS) is 19.2. The Bertz CT molecular complexity index is 640. The highest BCUT2D eigenvalue weighted by atomic mass is 14.7. The van der Waals surface area contributed by atoms with Crippen LogP contribution in [0.4, 0.5) is 0 Å². The fourth-order valence-electron chi connectivity index (χ4n) is 3.08. The van der Waals surface area contributed by atoms with E-state index in [1.54, 1.807) is 0 Å². The molecule has 2 aromatic carbocycles. The van der Waals surface area contributed by atoms with Crippen LogP contribution in [0.15, 0.2) is 72.2 Å². The Labute approximate surface area is 127 Å². The SMILES string of the molecule is C=CCC1CCc2ccccc2C1=NCc1ccccc1. The smallest absolute Gasteiger partial charge is 0.0643 e. The van der Waals surface area contributed by atoms with Gasteiger partial charge in [0.15, 0.2) is 0 Å². The molecule has 0 heterocycles. The van der Waals surface area contributed by atoms with Crippen molar-refractivity contribution < 1.29 is 0 Å². The van der Waals surface area contributed by atoms with Crippen LogP contribution in [0.25, 0.3) is 0 Å². The number of allylic oxidation sites excluding steroid dienone is 1. The first-order valence-electron chi connectivity index (χ1n) is 7.66. The Balaban J connectivity index is 1.93. The zero-order valence-electron chi connectivity index (χ0n) is 12.3. The lowest BCUT2D eigenvalue weighted by Gasteiger charge is -2.26. The van der Waals surface area contributed by atoms with E-state index in [4.69, 9.17) is 4.99 Å². The first-order chi connectivity index (χ1) is 10.4. The monoisotopic (exact) mass is 275 g/mol. The Kier molecular flexibility index (Phi) is 4.30. The lowest BCUT2D eigenvalue weighted by atomic mass is 9.80. The van der Waals surface area contributed by atoms with Gasteiger partial charge in [-0.15, -0.1) is 6.58 Å². The lowest BCUT2D eigenvalue weighted by Crippen LogP contribution is -2.23. The highest BCUT2D eigenvalue weighted by Crippen LogP contribution is 2.28. The van der Waals surface area contributed by atoms with E-state index >= 15 is 0 Å². The largest absolute Gasteiger partial charge is 0.284 e. The van der Waals surface area contributed by atoms with Gasteiger partial charge >= 0.3 is 0 Å². The second-order valence-corrected chi connectivity index (χ2v) is 5.60. The molecule has 0 amide bonds. The maximum Gasteiger partial charge on any atom is 0.0643 e. The van der Waals surface area contributed by atoms with E-state index in [1.165, 1.54) is 28.8 Å². The summed E-state index contributed by atoms with van der Waals surface area (Å²) in [5, 5.41) is 0. The fraction of sp³-hybridized carbons (Fsp3) is 0.250. The highest BCUT2D eigenvalue weighted by molar-refractivity contribution is 6.04. The first kappa shape index (κ1) is 13.8. The molecule has 1 heteroatoms. The van der Waals surface area contributed by atoms with Gasteiger partial charge < -0.3 is 0 Å². The Morgan fingerprint density at radius 2 is 1.81 bits per heavy atom. The standard InChI is InChI=1S/C20H21N/c1-2-8-18-14-13-17-11-6-7-12-19(17)20(18)21-15-16-9-4-3-5-10-16/h2-7,9-12,18H,1,8,13-15H2. The van der Waals surface area contributed by atoms with Crippen LogP contribution in [0.3, 0.4) is 0 Å². The van der Waals surface area contributed by atoms with Crippen molar-refractivity contribution in [3.05, 3.63) is 83.9 Å². The number of benzene rings is 2. The van der Waals surface area contributed by atoms with Gasteiger partial charge in [0.2, 0.25) is 0 Å². The summed E-state index contributed by atoms with van der Waals surface area (Å²) in [6.45, 7) is 4.67. The minimum absolute atomic E-state index is 0.515. The van der Waals surface area contributed by atoms with Crippen LogP contribution in [0.2, 0.25) is 0 Å². The van der Waals surface area contributed by atoms with Gasteiger partial charge in [0, 0.05) is 11.6 Å². The van der Waals surface area contributed by atoms with Gasteiger partial charge in [0.25, 0.3) is 0 Å². The number of hydrogen-bond donors (Lipinski definition) is 0. The molecule has 0 saturated heterocycles. The van der Waals surface area contributed by atoms with E-state index in [2.05, 4.69) is 55.1 Å². The van der Waals surface area contributed by atoms with Crippen LogP contribution in [0.5, 0.6) is 0 Å². The molecule has 0 spiro atoms. The summed E-state index contributed by atoms with van der Waals surface area (Å²) in [5.74, 6) is 0.515. The summed E-state index contributed by atoms with van der Waals surface area (Å²) >= 11 is 0. The van der Waals surface area contributed by atoms with Gasteiger partial charge in [0.05, 0.1) is 6.54 Å². The molecule has 3 rings (SSSR count). The number of fused-ring (bicyclic) bond motifs is 1. The molecule has 1 atom stereocenters. The summed E-state index contributed by atoms with van der Waals surface area (Å²) < 4.78 is 0. The van der Waals surface area contributed by atoms with Crippen LogP contribution in [-0.4, -0.2) is 5.71 Å².